The van der Waals surface area contributed by atoms with Crippen LogP contribution >= 0.6 is 8.22 Å². The summed E-state index contributed by atoms with van der Waals surface area (Å²) in [5.74, 6) is 2.46. The molecule has 1 saturated heterocycles. The van der Waals surface area contributed by atoms with E-state index in [-0.39, 0.29) is 8.22 Å². The van der Waals surface area contributed by atoms with Crippen molar-refractivity contribution in [3.63, 3.8) is 0 Å². The Hall–Kier alpha value is -1.21. The van der Waals surface area contributed by atoms with Crippen molar-refractivity contribution in [2.24, 2.45) is 17.8 Å². The molecular formula is C28H41N2P. The monoisotopic (exact) mass is 436 g/mol. The molecule has 5 unspecified atom stereocenters. The summed E-state index contributed by atoms with van der Waals surface area (Å²) in [7, 11) is -0.348. The summed E-state index contributed by atoms with van der Waals surface area (Å²) in [6.45, 7) is 14.7. The summed E-state index contributed by atoms with van der Waals surface area (Å²) in [5.41, 5.74) is 3.74. The maximum absolute atomic E-state index is 2.90. The van der Waals surface area contributed by atoms with Gasteiger partial charge in [0.25, 0.3) is 0 Å². The minimum atomic E-state index is -0.348. The van der Waals surface area contributed by atoms with Crippen LogP contribution in [-0.4, -0.2) is 28.1 Å². The number of nitrogens with zero attached hydrogens (tertiary/aromatic N) is 2. The first-order valence-corrected chi connectivity index (χ1v) is 13.7. The van der Waals surface area contributed by atoms with E-state index in [9.17, 15) is 0 Å². The van der Waals surface area contributed by atoms with E-state index in [4.69, 9.17) is 0 Å². The van der Waals surface area contributed by atoms with E-state index in [1.54, 1.807) is 0 Å². The fraction of sp³-hybridized carbons (Fsp3) is 0.571. The first kappa shape index (κ1) is 23.0. The molecule has 0 N–H and O–H groups in total. The van der Waals surface area contributed by atoms with Gasteiger partial charge in [0.05, 0.1) is 0 Å². The highest BCUT2D eigenvalue weighted by Gasteiger charge is 2.47. The molecule has 0 bridgehead atoms. The molecule has 2 aliphatic rings. The zero-order valence-corrected chi connectivity index (χ0v) is 21.0. The van der Waals surface area contributed by atoms with Crippen molar-refractivity contribution in [1.82, 2.24) is 9.34 Å². The van der Waals surface area contributed by atoms with Crippen LogP contribution in [0.3, 0.4) is 0 Å². The molecule has 1 aliphatic heterocycles. The average molecular weight is 437 g/mol. The molecule has 0 radical (unpaired) electrons. The summed E-state index contributed by atoms with van der Waals surface area (Å²) in [5, 5.41) is 0. The number of hydrogen-bond acceptors (Lipinski definition) is 2. The second-order valence-electron chi connectivity index (χ2n) is 10.2. The summed E-state index contributed by atoms with van der Waals surface area (Å²) in [6, 6.07) is 23.3. The fourth-order valence-corrected chi connectivity index (χ4v) is 9.91. The highest BCUT2D eigenvalue weighted by molar-refractivity contribution is 7.53. The largest absolute Gasteiger partial charge is 0.261 e. The van der Waals surface area contributed by atoms with Crippen LogP contribution in [0.4, 0.5) is 0 Å². The van der Waals surface area contributed by atoms with Crippen molar-refractivity contribution in [2.75, 3.05) is 13.1 Å². The molecule has 5 atom stereocenters. The Morgan fingerprint density at radius 3 is 1.68 bits per heavy atom. The van der Waals surface area contributed by atoms with Crippen molar-refractivity contribution >= 4 is 8.22 Å². The van der Waals surface area contributed by atoms with Gasteiger partial charge in [0, 0.05) is 39.1 Å². The molecule has 3 heteroatoms. The molecule has 31 heavy (non-hydrogen) atoms. The van der Waals surface area contributed by atoms with E-state index in [2.05, 4.69) is 105 Å². The van der Waals surface area contributed by atoms with Gasteiger partial charge < -0.3 is 0 Å². The SMILES string of the molecule is CC1CCC(C(C)C)C(P2N(C(C)c3ccccc3)CCN2C(C)c2ccccc2)C1. The topological polar surface area (TPSA) is 6.48 Å². The normalized spacial score (nSPS) is 29.9. The van der Waals surface area contributed by atoms with Gasteiger partial charge in [-0.05, 0) is 55.6 Å². The smallest absolute Gasteiger partial charge is 0.0442 e. The first-order chi connectivity index (χ1) is 15.0. The molecule has 2 aromatic rings. The predicted octanol–water partition coefficient (Wildman–Crippen LogP) is 7.90. The van der Waals surface area contributed by atoms with Gasteiger partial charge in [0.2, 0.25) is 0 Å². The summed E-state index contributed by atoms with van der Waals surface area (Å²) in [6.07, 6.45) is 4.21. The number of hydrogen-bond donors (Lipinski definition) is 0. The Morgan fingerprint density at radius 2 is 1.23 bits per heavy atom. The Kier molecular flexibility index (Phi) is 7.52. The van der Waals surface area contributed by atoms with Crippen molar-refractivity contribution in [1.29, 1.82) is 0 Å². The highest BCUT2D eigenvalue weighted by atomic mass is 31.1. The van der Waals surface area contributed by atoms with Gasteiger partial charge in [0.15, 0.2) is 0 Å². The van der Waals surface area contributed by atoms with Gasteiger partial charge in [-0.15, -0.1) is 0 Å². The highest BCUT2D eigenvalue weighted by Crippen LogP contribution is 2.64. The van der Waals surface area contributed by atoms with Crippen LogP contribution in [0.2, 0.25) is 0 Å². The molecule has 4 rings (SSSR count). The molecule has 2 aromatic carbocycles. The maximum Gasteiger partial charge on any atom is 0.0442 e. The standard InChI is InChI=1S/C28H41N2P/c1-21(2)27-17-16-22(3)20-28(27)31-29(23(4)25-12-8-6-9-13-25)18-19-30(31)24(5)26-14-10-7-11-15-26/h6-15,21-24,27-28H,16-20H2,1-5H3. The second kappa shape index (κ2) is 10.2. The third-order valence-electron chi connectivity index (χ3n) is 7.83. The lowest BCUT2D eigenvalue weighted by atomic mass is 9.77. The van der Waals surface area contributed by atoms with Crippen LogP contribution in [0, 0.1) is 17.8 Å². The Labute approximate surface area is 191 Å². The molecule has 0 amide bonds. The van der Waals surface area contributed by atoms with Crippen molar-refractivity contribution < 1.29 is 0 Å². The van der Waals surface area contributed by atoms with E-state index >= 15 is 0 Å². The molecule has 1 heterocycles. The van der Waals surface area contributed by atoms with Gasteiger partial charge in [-0.1, -0.05) is 87.9 Å². The summed E-state index contributed by atoms with van der Waals surface area (Å²) in [4.78, 5) is 0. The van der Waals surface area contributed by atoms with Crippen molar-refractivity contribution in [3.8, 4) is 0 Å². The zero-order valence-electron chi connectivity index (χ0n) is 20.1. The van der Waals surface area contributed by atoms with E-state index < -0.39 is 0 Å². The van der Waals surface area contributed by atoms with Gasteiger partial charge in [-0.2, -0.15) is 0 Å². The van der Waals surface area contributed by atoms with Gasteiger partial charge in [0.1, 0.15) is 0 Å². The molecule has 168 valence electrons. The van der Waals surface area contributed by atoms with E-state index in [0.29, 0.717) is 12.1 Å². The molecular weight excluding hydrogens is 395 g/mol. The number of rotatable bonds is 6. The zero-order chi connectivity index (χ0) is 22.0. The molecule has 1 saturated carbocycles. The molecule has 2 nitrogen and oxygen atoms in total. The molecule has 2 fully saturated rings. The van der Waals surface area contributed by atoms with E-state index in [1.165, 1.54) is 43.5 Å². The van der Waals surface area contributed by atoms with Crippen LogP contribution in [-0.2, 0) is 0 Å². The first-order valence-electron chi connectivity index (χ1n) is 12.4. The Morgan fingerprint density at radius 1 is 0.742 bits per heavy atom. The van der Waals surface area contributed by atoms with Crippen LogP contribution in [0.5, 0.6) is 0 Å². The third kappa shape index (κ3) is 4.92. The molecule has 0 spiro atoms. The Bertz CT molecular complexity index is 755. The van der Waals surface area contributed by atoms with Gasteiger partial charge >= 0.3 is 0 Å². The van der Waals surface area contributed by atoms with Crippen LogP contribution < -0.4 is 0 Å². The van der Waals surface area contributed by atoms with Crippen LogP contribution in [0.25, 0.3) is 0 Å². The quantitative estimate of drug-likeness (QED) is 0.425. The lowest BCUT2D eigenvalue weighted by molar-refractivity contribution is 0.230. The predicted molar refractivity (Wildman–Crippen MR) is 135 cm³/mol. The lowest BCUT2D eigenvalue weighted by Gasteiger charge is -2.48. The van der Waals surface area contributed by atoms with Crippen LogP contribution in [0.1, 0.15) is 77.1 Å². The van der Waals surface area contributed by atoms with Crippen molar-refractivity contribution in [3.05, 3.63) is 71.8 Å². The van der Waals surface area contributed by atoms with E-state index in [0.717, 1.165) is 23.4 Å². The van der Waals surface area contributed by atoms with Gasteiger partial charge in [-0.25, -0.2) is 0 Å². The maximum atomic E-state index is 2.90. The summed E-state index contributed by atoms with van der Waals surface area (Å²) >= 11 is 0. The number of benzene rings is 2. The Balaban J connectivity index is 1.70. The molecule has 1 aliphatic carbocycles. The summed E-state index contributed by atoms with van der Waals surface area (Å²) < 4.78 is 5.81. The molecule has 0 aromatic heterocycles. The van der Waals surface area contributed by atoms with Crippen LogP contribution in [0.15, 0.2) is 60.7 Å². The second-order valence-corrected chi connectivity index (χ2v) is 12.5. The fourth-order valence-electron chi connectivity index (χ4n) is 5.91. The minimum absolute atomic E-state index is 0.348. The van der Waals surface area contributed by atoms with E-state index in [1.807, 2.05) is 0 Å². The lowest BCUT2D eigenvalue weighted by Crippen LogP contribution is -2.37. The van der Waals surface area contributed by atoms with Gasteiger partial charge in [-0.3, -0.25) is 9.34 Å². The average Bonchev–Trinajstić information content (AvgIpc) is 3.24. The minimum Gasteiger partial charge on any atom is -0.261 e. The van der Waals surface area contributed by atoms with Crippen molar-refractivity contribution in [2.45, 2.75) is 71.6 Å². The third-order valence-corrected chi connectivity index (χ3v) is 11.2.